The number of hydrogen-bond acceptors (Lipinski definition) is 5. The van der Waals surface area contributed by atoms with Crippen molar-refractivity contribution in [2.45, 2.75) is 6.04 Å². The van der Waals surface area contributed by atoms with Gasteiger partial charge < -0.3 is 20.3 Å². The number of imide groups is 1. The number of H-pyrrole nitrogens is 1. The minimum absolute atomic E-state index is 0.0486. The van der Waals surface area contributed by atoms with Gasteiger partial charge in [0.1, 0.15) is 5.75 Å². The van der Waals surface area contributed by atoms with E-state index in [2.05, 4.69) is 4.98 Å². The normalized spacial score (nSPS) is 14.2. The molecule has 0 aliphatic carbocycles. The molecule has 28 heavy (non-hydrogen) atoms. The van der Waals surface area contributed by atoms with Crippen LogP contribution >= 0.6 is 0 Å². The number of fused-ring (bicyclic) bond motifs is 8. The standard InChI is InChI=1S/C21H16N2O5/c24-8-10(9-25)23-20(27)17-12-3-1-2-4-13(12)19-16(18(17)21(23)28)14-7-11(26)5-6-15(14)22-19/h1-7,10,22,24-26H,8-9H2. The molecule has 0 unspecified atom stereocenters. The maximum atomic E-state index is 13.3. The number of carbonyl (C=O) groups is 2. The number of phenolic OH excluding ortho intramolecular Hbond substituents is 1. The Morgan fingerprint density at radius 2 is 1.57 bits per heavy atom. The maximum absolute atomic E-state index is 13.3. The number of aliphatic hydroxyl groups is 2. The Bertz CT molecular complexity index is 1300. The van der Waals surface area contributed by atoms with Crippen LogP contribution in [-0.4, -0.2) is 56.3 Å². The Morgan fingerprint density at radius 1 is 0.893 bits per heavy atom. The molecule has 2 heterocycles. The molecule has 1 aliphatic heterocycles. The van der Waals surface area contributed by atoms with Crippen molar-refractivity contribution in [3.8, 4) is 5.75 Å². The highest BCUT2D eigenvalue weighted by Crippen LogP contribution is 2.42. The number of aromatic hydroxyl groups is 1. The van der Waals surface area contributed by atoms with Gasteiger partial charge in [-0.1, -0.05) is 24.3 Å². The second kappa shape index (κ2) is 5.79. The van der Waals surface area contributed by atoms with Gasteiger partial charge in [-0.2, -0.15) is 0 Å². The molecule has 4 aromatic rings. The molecule has 1 aliphatic rings. The third kappa shape index (κ3) is 2.00. The van der Waals surface area contributed by atoms with E-state index in [9.17, 15) is 24.9 Å². The van der Waals surface area contributed by atoms with E-state index < -0.39 is 31.1 Å². The summed E-state index contributed by atoms with van der Waals surface area (Å²) in [5, 5.41) is 31.6. The largest absolute Gasteiger partial charge is 0.508 e. The molecule has 1 aromatic heterocycles. The number of amides is 2. The van der Waals surface area contributed by atoms with Gasteiger partial charge in [-0.05, 0) is 23.6 Å². The lowest BCUT2D eigenvalue weighted by Gasteiger charge is -2.22. The zero-order chi connectivity index (χ0) is 19.6. The lowest BCUT2D eigenvalue weighted by Crippen LogP contribution is -2.44. The van der Waals surface area contributed by atoms with Crippen molar-refractivity contribution in [2.24, 2.45) is 0 Å². The monoisotopic (exact) mass is 376 g/mol. The predicted octanol–water partition coefficient (Wildman–Crippen LogP) is 2.13. The van der Waals surface area contributed by atoms with Crippen LogP contribution in [0.5, 0.6) is 5.75 Å². The van der Waals surface area contributed by atoms with Crippen LogP contribution in [0, 0.1) is 0 Å². The average molecular weight is 376 g/mol. The van der Waals surface area contributed by atoms with E-state index in [1.54, 1.807) is 30.3 Å². The Hall–Kier alpha value is -3.42. The van der Waals surface area contributed by atoms with Crippen LogP contribution < -0.4 is 0 Å². The summed E-state index contributed by atoms with van der Waals surface area (Å²) in [5.41, 5.74) is 1.90. The van der Waals surface area contributed by atoms with Crippen LogP contribution in [0.2, 0.25) is 0 Å². The van der Waals surface area contributed by atoms with E-state index in [1.807, 2.05) is 12.1 Å². The number of phenols is 1. The summed E-state index contributed by atoms with van der Waals surface area (Å²) in [5.74, 6) is -1.05. The van der Waals surface area contributed by atoms with Crippen molar-refractivity contribution in [2.75, 3.05) is 13.2 Å². The van der Waals surface area contributed by atoms with Crippen LogP contribution in [0.15, 0.2) is 42.5 Å². The molecule has 0 bridgehead atoms. The summed E-state index contributed by atoms with van der Waals surface area (Å²) in [6, 6.07) is 11.1. The molecule has 7 nitrogen and oxygen atoms in total. The van der Waals surface area contributed by atoms with E-state index in [-0.39, 0.29) is 16.9 Å². The summed E-state index contributed by atoms with van der Waals surface area (Å²) < 4.78 is 0. The van der Waals surface area contributed by atoms with Crippen LogP contribution in [0.1, 0.15) is 20.7 Å². The highest BCUT2D eigenvalue weighted by atomic mass is 16.3. The van der Waals surface area contributed by atoms with E-state index in [1.165, 1.54) is 0 Å². The molecular weight excluding hydrogens is 360 g/mol. The topological polar surface area (TPSA) is 114 Å². The van der Waals surface area contributed by atoms with E-state index in [4.69, 9.17) is 0 Å². The number of carbonyl (C=O) groups excluding carboxylic acids is 2. The summed E-state index contributed by atoms with van der Waals surface area (Å²) in [6.45, 7) is -1.06. The zero-order valence-electron chi connectivity index (χ0n) is 14.6. The molecule has 0 spiro atoms. The van der Waals surface area contributed by atoms with Gasteiger partial charge in [0.25, 0.3) is 11.8 Å². The first-order valence-electron chi connectivity index (χ1n) is 8.85. The minimum atomic E-state index is -1.01. The van der Waals surface area contributed by atoms with E-state index in [0.29, 0.717) is 21.7 Å². The van der Waals surface area contributed by atoms with E-state index in [0.717, 1.165) is 15.8 Å². The molecule has 0 fully saturated rings. The first-order chi connectivity index (χ1) is 13.6. The number of benzene rings is 3. The number of aromatic nitrogens is 1. The van der Waals surface area contributed by atoms with Gasteiger partial charge in [-0.3, -0.25) is 14.5 Å². The molecule has 4 N–H and O–H groups in total. The molecule has 5 rings (SSSR count). The van der Waals surface area contributed by atoms with Gasteiger partial charge in [0.15, 0.2) is 0 Å². The lowest BCUT2D eigenvalue weighted by atomic mass is 9.95. The van der Waals surface area contributed by atoms with Crippen molar-refractivity contribution in [3.63, 3.8) is 0 Å². The van der Waals surface area contributed by atoms with Gasteiger partial charge >= 0.3 is 0 Å². The van der Waals surface area contributed by atoms with Crippen LogP contribution in [0.25, 0.3) is 32.6 Å². The third-order valence-corrected chi connectivity index (χ3v) is 5.40. The highest BCUT2D eigenvalue weighted by Gasteiger charge is 2.43. The second-order valence-electron chi connectivity index (χ2n) is 6.90. The maximum Gasteiger partial charge on any atom is 0.262 e. The first kappa shape index (κ1) is 16.7. The molecule has 0 saturated carbocycles. The fourth-order valence-corrected chi connectivity index (χ4v) is 4.14. The van der Waals surface area contributed by atoms with Gasteiger partial charge in [0, 0.05) is 21.7 Å². The van der Waals surface area contributed by atoms with Gasteiger partial charge in [-0.25, -0.2) is 0 Å². The number of rotatable bonds is 3. The van der Waals surface area contributed by atoms with Crippen molar-refractivity contribution in [3.05, 3.63) is 53.6 Å². The predicted molar refractivity (Wildman–Crippen MR) is 103 cm³/mol. The van der Waals surface area contributed by atoms with Crippen molar-refractivity contribution >= 4 is 44.4 Å². The van der Waals surface area contributed by atoms with Crippen LogP contribution in [-0.2, 0) is 0 Å². The Labute approximate surface area is 158 Å². The number of nitrogens with one attached hydrogen (secondary N) is 1. The number of aromatic amines is 1. The molecule has 3 aromatic carbocycles. The van der Waals surface area contributed by atoms with Gasteiger partial charge in [0.2, 0.25) is 0 Å². The quantitative estimate of drug-likeness (QED) is 0.409. The van der Waals surface area contributed by atoms with Gasteiger partial charge in [-0.15, -0.1) is 0 Å². The molecule has 0 saturated heterocycles. The fourth-order valence-electron chi connectivity index (χ4n) is 4.14. The SMILES string of the molecule is O=C1c2c(c3c4cc(O)ccc4[nH]c3c3ccccc23)C(=O)N1C(CO)CO. The highest BCUT2D eigenvalue weighted by molar-refractivity contribution is 6.36. The number of aliphatic hydroxyl groups excluding tert-OH is 2. The minimum Gasteiger partial charge on any atom is -0.508 e. The summed E-state index contributed by atoms with van der Waals surface area (Å²) in [4.78, 5) is 30.7. The van der Waals surface area contributed by atoms with Crippen LogP contribution in [0.4, 0.5) is 0 Å². The molecular formula is C21H16N2O5. The van der Waals surface area contributed by atoms with Crippen molar-refractivity contribution in [1.29, 1.82) is 0 Å². The Morgan fingerprint density at radius 3 is 2.29 bits per heavy atom. The lowest BCUT2D eigenvalue weighted by molar-refractivity contribution is 0.0420. The van der Waals surface area contributed by atoms with E-state index >= 15 is 0 Å². The average Bonchev–Trinajstić information content (AvgIpc) is 3.19. The van der Waals surface area contributed by atoms with Crippen LogP contribution in [0.3, 0.4) is 0 Å². The third-order valence-electron chi connectivity index (χ3n) is 5.40. The summed E-state index contributed by atoms with van der Waals surface area (Å²) in [7, 11) is 0. The van der Waals surface area contributed by atoms with Crippen molar-refractivity contribution < 1.29 is 24.9 Å². The molecule has 7 heteroatoms. The smallest absolute Gasteiger partial charge is 0.262 e. The molecule has 0 radical (unpaired) electrons. The zero-order valence-corrected chi connectivity index (χ0v) is 14.6. The first-order valence-corrected chi connectivity index (χ1v) is 8.85. The Kier molecular flexibility index (Phi) is 3.46. The second-order valence-corrected chi connectivity index (χ2v) is 6.90. The summed E-state index contributed by atoms with van der Waals surface area (Å²) >= 11 is 0. The Balaban J connectivity index is 1.98. The molecule has 2 amide bonds. The molecule has 140 valence electrons. The van der Waals surface area contributed by atoms with Gasteiger partial charge in [0.05, 0.1) is 35.9 Å². The van der Waals surface area contributed by atoms with Crippen molar-refractivity contribution in [1.82, 2.24) is 9.88 Å². The number of nitrogens with zero attached hydrogens (tertiary/aromatic N) is 1. The number of hydrogen-bond donors (Lipinski definition) is 4. The fraction of sp³-hybridized carbons (Fsp3) is 0.143. The molecule has 0 atom stereocenters. The summed E-state index contributed by atoms with van der Waals surface area (Å²) in [6.07, 6.45) is 0.